The second-order valence-electron chi connectivity index (χ2n) is 10.5. The number of aromatic hydroxyl groups is 2. The van der Waals surface area contributed by atoms with Crippen molar-refractivity contribution in [3.63, 3.8) is 0 Å². The molecular weight excluding hydrogens is 378 g/mol. The van der Waals surface area contributed by atoms with Crippen molar-refractivity contribution in [1.82, 2.24) is 5.32 Å². The first-order valence-electron chi connectivity index (χ1n) is 11.3. The van der Waals surface area contributed by atoms with Gasteiger partial charge < -0.3 is 15.5 Å². The first-order chi connectivity index (χ1) is 14.2. The number of fused-ring (bicyclic) bond motifs is 5. The van der Waals surface area contributed by atoms with Crippen LogP contribution < -0.4 is 5.32 Å². The van der Waals surface area contributed by atoms with Crippen LogP contribution in [0.15, 0.2) is 30.4 Å². The van der Waals surface area contributed by atoms with Crippen molar-refractivity contribution in [3.8, 4) is 11.5 Å². The van der Waals surface area contributed by atoms with Gasteiger partial charge in [-0.15, -0.1) is 0 Å². The lowest BCUT2D eigenvalue weighted by Gasteiger charge is -2.58. The molecule has 0 radical (unpaired) electrons. The van der Waals surface area contributed by atoms with E-state index in [1.807, 2.05) is 0 Å². The molecule has 5 heteroatoms. The van der Waals surface area contributed by atoms with Crippen LogP contribution in [0.5, 0.6) is 11.5 Å². The fraction of sp³-hybridized carbons (Fsp3) is 0.600. The Balaban J connectivity index is 1.43. The fourth-order valence-electron chi connectivity index (χ4n) is 7.64. The third-order valence-corrected chi connectivity index (χ3v) is 9.26. The third kappa shape index (κ3) is 2.67. The van der Waals surface area contributed by atoms with Crippen LogP contribution >= 0.6 is 0 Å². The largest absolute Gasteiger partial charge is 0.504 e. The van der Waals surface area contributed by atoms with Gasteiger partial charge >= 0.3 is 0 Å². The monoisotopic (exact) mass is 409 g/mol. The molecule has 5 rings (SSSR count). The highest BCUT2D eigenvalue weighted by atomic mass is 16.3. The SMILES string of the molecule is C[C@]12C=CC(=O)NC1CC[C@@H]1[C@H]2CC[C@]2(C)C(C(=O)c3ccc(O)c(O)c3)CC[C@@H]12. The van der Waals surface area contributed by atoms with Crippen molar-refractivity contribution >= 4 is 11.7 Å². The van der Waals surface area contributed by atoms with Gasteiger partial charge in [-0.1, -0.05) is 19.9 Å². The van der Waals surface area contributed by atoms with E-state index in [1.54, 1.807) is 12.1 Å². The average molecular weight is 410 g/mol. The van der Waals surface area contributed by atoms with Crippen molar-refractivity contribution in [1.29, 1.82) is 0 Å². The van der Waals surface area contributed by atoms with Gasteiger partial charge in [-0.25, -0.2) is 0 Å². The van der Waals surface area contributed by atoms with Gasteiger partial charge in [-0.2, -0.15) is 0 Å². The Kier molecular flexibility index (Phi) is 4.32. The van der Waals surface area contributed by atoms with E-state index < -0.39 is 0 Å². The number of carbonyl (C=O) groups excluding carboxylic acids is 2. The Bertz CT molecular complexity index is 939. The summed E-state index contributed by atoms with van der Waals surface area (Å²) in [7, 11) is 0. The molecule has 3 aliphatic carbocycles. The first kappa shape index (κ1) is 19.7. The zero-order chi connectivity index (χ0) is 21.3. The molecule has 160 valence electrons. The van der Waals surface area contributed by atoms with Gasteiger partial charge in [-0.05, 0) is 86.0 Å². The van der Waals surface area contributed by atoms with Gasteiger partial charge in [-0.3, -0.25) is 9.59 Å². The number of amides is 1. The summed E-state index contributed by atoms with van der Waals surface area (Å²) in [4.78, 5) is 25.3. The van der Waals surface area contributed by atoms with Crippen LogP contribution in [0.1, 0.15) is 62.7 Å². The van der Waals surface area contributed by atoms with Crippen LogP contribution in [0, 0.1) is 34.5 Å². The number of nitrogens with one attached hydrogen (secondary N) is 1. The van der Waals surface area contributed by atoms with E-state index in [0.29, 0.717) is 23.3 Å². The maximum absolute atomic E-state index is 13.4. The topological polar surface area (TPSA) is 86.6 Å². The van der Waals surface area contributed by atoms with E-state index >= 15 is 0 Å². The molecule has 7 atom stereocenters. The number of carbonyl (C=O) groups is 2. The second kappa shape index (κ2) is 6.60. The first-order valence-corrected chi connectivity index (χ1v) is 11.3. The van der Waals surface area contributed by atoms with Crippen molar-refractivity contribution in [2.24, 2.45) is 34.5 Å². The van der Waals surface area contributed by atoms with E-state index in [9.17, 15) is 19.8 Å². The standard InChI is InChI=1S/C25H31NO4/c1-24-11-9-17-15(4-8-21-25(17,2)12-10-22(29)26-21)16(24)5-6-18(24)23(30)14-3-7-19(27)20(28)13-14/h3,7,10,12-13,15-18,21,27-28H,4-6,8-9,11H2,1-2H3,(H,26,29)/t15-,16-,17+,18?,21?,24-,25+/m0/s1. The van der Waals surface area contributed by atoms with Crippen molar-refractivity contribution < 1.29 is 19.8 Å². The van der Waals surface area contributed by atoms with Crippen LogP contribution in [0.2, 0.25) is 0 Å². The van der Waals surface area contributed by atoms with Gasteiger partial charge in [0.2, 0.25) is 5.91 Å². The molecule has 1 amide bonds. The van der Waals surface area contributed by atoms with Crippen LogP contribution in [0.25, 0.3) is 0 Å². The number of ketones is 1. The lowest BCUT2D eigenvalue weighted by Crippen LogP contribution is -2.59. The van der Waals surface area contributed by atoms with E-state index in [0.717, 1.165) is 38.5 Å². The molecule has 5 nitrogen and oxygen atoms in total. The molecule has 1 heterocycles. The molecule has 30 heavy (non-hydrogen) atoms. The van der Waals surface area contributed by atoms with Crippen molar-refractivity contribution in [2.75, 3.05) is 0 Å². The number of rotatable bonds is 2. The van der Waals surface area contributed by atoms with Gasteiger partial charge in [0.05, 0.1) is 0 Å². The summed E-state index contributed by atoms with van der Waals surface area (Å²) in [6.45, 7) is 4.61. The molecule has 1 aliphatic heterocycles. The van der Waals surface area contributed by atoms with Gasteiger partial charge in [0.1, 0.15) is 0 Å². The molecule has 4 aliphatic rings. The number of hydrogen-bond donors (Lipinski definition) is 3. The number of phenols is 2. The summed E-state index contributed by atoms with van der Waals surface area (Å²) >= 11 is 0. The molecule has 0 spiro atoms. The predicted molar refractivity (Wildman–Crippen MR) is 113 cm³/mol. The van der Waals surface area contributed by atoms with Crippen LogP contribution in [0.3, 0.4) is 0 Å². The van der Waals surface area contributed by atoms with Crippen molar-refractivity contribution in [2.45, 2.75) is 58.4 Å². The van der Waals surface area contributed by atoms with Crippen LogP contribution in [-0.4, -0.2) is 27.9 Å². The second-order valence-corrected chi connectivity index (χ2v) is 10.5. The number of phenolic OH excluding ortho intramolecular Hbond substituents is 2. The van der Waals surface area contributed by atoms with Gasteiger partial charge in [0, 0.05) is 22.9 Å². The Morgan fingerprint density at radius 2 is 1.83 bits per heavy atom. The minimum absolute atomic E-state index is 0.00298. The highest BCUT2D eigenvalue weighted by Gasteiger charge is 2.60. The molecule has 1 aromatic rings. The smallest absolute Gasteiger partial charge is 0.243 e. The Hall–Kier alpha value is -2.30. The highest BCUT2D eigenvalue weighted by molar-refractivity contribution is 5.99. The number of benzene rings is 1. The van der Waals surface area contributed by atoms with E-state index in [-0.39, 0.29) is 46.0 Å². The summed E-state index contributed by atoms with van der Waals surface area (Å²) in [5.41, 5.74) is 0.465. The minimum Gasteiger partial charge on any atom is -0.504 e. The molecule has 0 bridgehead atoms. The zero-order valence-corrected chi connectivity index (χ0v) is 17.7. The van der Waals surface area contributed by atoms with E-state index in [1.165, 1.54) is 12.1 Å². The van der Waals surface area contributed by atoms with E-state index in [2.05, 4.69) is 25.2 Å². The predicted octanol–water partition coefficient (Wildman–Crippen LogP) is 4.19. The minimum atomic E-state index is -0.235. The quantitative estimate of drug-likeness (QED) is 0.505. The molecule has 3 fully saturated rings. The Morgan fingerprint density at radius 1 is 1.03 bits per heavy atom. The molecule has 2 unspecified atom stereocenters. The molecular formula is C25H31NO4. The molecule has 1 aromatic carbocycles. The van der Waals surface area contributed by atoms with Crippen molar-refractivity contribution in [3.05, 3.63) is 35.9 Å². The van der Waals surface area contributed by atoms with Crippen LogP contribution in [-0.2, 0) is 4.79 Å². The summed E-state index contributed by atoms with van der Waals surface area (Å²) in [5, 5.41) is 22.7. The zero-order valence-electron chi connectivity index (χ0n) is 17.7. The maximum Gasteiger partial charge on any atom is 0.243 e. The third-order valence-electron chi connectivity index (χ3n) is 9.26. The Morgan fingerprint density at radius 3 is 2.60 bits per heavy atom. The summed E-state index contributed by atoms with van der Waals surface area (Å²) in [6.07, 6.45) is 10.0. The molecule has 0 aromatic heterocycles. The van der Waals surface area contributed by atoms with E-state index in [4.69, 9.17) is 0 Å². The lowest BCUT2D eigenvalue weighted by atomic mass is 9.47. The van der Waals surface area contributed by atoms with Crippen LogP contribution in [0.4, 0.5) is 0 Å². The summed E-state index contributed by atoms with van der Waals surface area (Å²) in [5.74, 6) is 1.29. The van der Waals surface area contributed by atoms with Gasteiger partial charge in [0.25, 0.3) is 0 Å². The summed E-state index contributed by atoms with van der Waals surface area (Å²) in [6, 6.07) is 4.66. The maximum atomic E-state index is 13.4. The Labute approximate surface area is 177 Å². The molecule has 3 saturated carbocycles. The lowest BCUT2D eigenvalue weighted by molar-refractivity contribution is -0.122. The fourth-order valence-corrected chi connectivity index (χ4v) is 7.64. The molecule has 3 N–H and O–H groups in total. The number of Topliss-reactive ketones (excluding diaryl/α,β-unsaturated/α-hetero) is 1. The molecule has 0 saturated heterocycles. The normalized spacial score (nSPS) is 42.1. The average Bonchev–Trinajstić information content (AvgIpc) is 3.07. The van der Waals surface area contributed by atoms with Gasteiger partial charge in [0.15, 0.2) is 17.3 Å². The number of hydrogen-bond acceptors (Lipinski definition) is 4. The highest BCUT2D eigenvalue weighted by Crippen LogP contribution is 2.65. The summed E-state index contributed by atoms with van der Waals surface area (Å²) < 4.78 is 0.